The van der Waals surface area contributed by atoms with Crippen molar-refractivity contribution >= 4 is 0 Å². The van der Waals surface area contributed by atoms with Crippen LogP contribution in [-0.2, 0) is 6.42 Å². The lowest BCUT2D eigenvalue weighted by atomic mass is 9.92. The summed E-state index contributed by atoms with van der Waals surface area (Å²) >= 11 is 0. The molecule has 0 amide bonds. The zero-order chi connectivity index (χ0) is 12.3. The summed E-state index contributed by atoms with van der Waals surface area (Å²) in [7, 11) is 1.35. The van der Waals surface area contributed by atoms with E-state index in [-0.39, 0.29) is 5.75 Å². The molecular formula is C13H17F2NO. The minimum absolute atomic E-state index is 0.0104. The topological polar surface area (TPSA) is 21.3 Å². The maximum absolute atomic E-state index is 13.3. The van der Waals surface area contributed by atoms with Gasteiger partial charge in [0.15, 0.2) is 11.6 Å². The lowest BCUT2D eigenvalue weighted by Crippen LogP contribution is -2.30. The molecule has 0 spiro atoms. The number of piperidine rings is 1. The third kappa shape index (κ3) is 2.94. The van der Waals surface area contributed by atoms with Crippen LogP contribution in [0.25, 0.3) is 0 Å². The van der Waals surface area contributed by atoms with Crippen LogP contribution in [0, 0.1) is 17.6 Å². The molecule has 1 saturated heterocycles. The third-order valence-electron chi connectivity index (χ3n) is 3.20. The summed E-state index contributed by atoms with van der Waals surface area (Å²) in [5, 5.41) is 3.31. The highest BCUT2D eigenvalue weighted by Crippen LogP contribution is 2.24. The Hall–Kier alpha value is -1.16. The Balaban J connectivity index is 2.12. The molecule has 1 atom stereocenters. The van der Waals surface area contributed by atoms with E-state index in [2.05, 4.69) is 5.32 Å². The zero-order valence-corrected chi connectivity index (χ0v) is 9.93. The van der Waals surface area contributed by atoms with Crippen molar-refractivity contribution in [1.29, 1.82) is 0 Å². The second-order valence-electron chi connectivity index (χ2n) is 4.51. The summed E-state index contributed by atoms with van der Waals surface area (Å²) < 4.78 is 31.4. The fourth-order valence-corrected chi connectivity index (χ4v) is 2.32. The molecule has 1 aromatic carbocycles. The lowest BCUT2D eigenvalue weighted by Gasteiger charge is -2.22. The normalized spacial score (nSPS) is 20.3. The van der Waals surface area contributed by atoms with Crippen molar-refractivity contribution in [2.24, 2.45) is 5.92 Å². The fraction of sp³-hybridized carbons (Fsp3) is 0.538. The molecule has 2 nitrogen and oxygen atoms in total. The van der Waals surface area contributed by atoms with E-state index in [1.54, 1.807) is 6.07 Å². The van der Waals surface area contributed by atoms with E-state index < -0.39 is 11.6 Å². The van der Waals surface area contributed by atoms with Crippen molar-refractivity contribution < 1.29 is 13.5 Å². The summed E-state index contributed by atoms with van der Waals surface area (Å²) in [5.74, 6) is -1.25. The minimum Gasteiger partial charge on any atom is -0.494 e. The highest BCUT2D eigenvalue weighted by Gasteiger charge is 2.16. The van der Waals surface area contributed by atoms with Crippen molar-refractivity contribution in [2.45, 2.75) is 19.3 Å². The first-order chi connectivity index (χ1) is 8.20. The van der Waals surface area contributed by atoms with Crippen LogP contribution in [0.15, 0.2) is 12.1 Å². The Bertz CT molecular complexity index is 389. The predicted octanol–water partition coefficient (Wildman–Crippen LogP) is 2.52. The molecule has 1 aliphatic rings. The second kappa shape index (κ2) is 5.45. The number of hydrogen-bond donors (Lipinski definition) is 1. The van der Waals surface area contributed by atoms with Crippen LogP contribution < -0.4 is 10.1 Å². The number of nitrogens with one attached hydrogen (secondary N) is 1. The van der Waals surface area contributed by atoms with E-state index in [1.807, 2.05) is 0 Å². The molecule has 0 saturated carbocycles. The van der Waals surface area contributed by atoms with Gasteiger partial charge in [-0.15, -0.1) is 0 Å². The van der Waals surface area contributed by atoms with Gasteiger partial charge in [-0.1, -0.05) is 0 Å². The molecule has 0 aliphatic carbocycles. The van der Waals surface area contributed by atoms with Crippen molar-refractivity contribution in [2.75, 3.05) is 20.2 Å². The van der Waals surface area contributed by atoms with Gasteiger partial charge in [0, 0.05) is 0 Å². The first-order valence-electron chi connectivity index (χ1n) is 5.93. The van der Waals surface area contributed by atoms with E-state index in [1.165, 1.54) is 13.2 Å². The van der Waals surface area contributed by atoms with Gasteiger partial charge >= 0.3 is 0 Å². The number of methoxy groups -OCH3 is 1. The van der Waals surface area contributed by atoms with Gasteiger partial charge in [0.25, 0.3) is 0 Å². The summed E-state index contributed by atoms with van der Waals surface area (Å²) in [5.41, 5.74) is 0.800. The van der Waals surface area contributed by atoms with E-state index in [9.17, 15) is 8.78 Å². The van der Waals surface area contributed by atoms with Crippen LogP contribution in [0.4, 0.5) is 8.78 Å². The third-order valence-corrected chi connectivity index (χ3v) is 3.20. The Morgan fingerprint density at radius 2 is 2.24 bits per heavy atom. The van der Waals surface area contributed by atoms with E-state index in [0.717, 1.165) is 37.9 Å². The molecule has 2 rings (SSSR count). The minimum atomic E-state index is -0.905. The van der Waals surface area contributed by atoms with Crippen LogP contribution in [0.3, 0.4) is 0 Å². The van der Waals surface area contributed by atoms with Gasteiger partial charge in [0.05, 0.1) is 7.11 Å². The maximum Gasteiger partial charge on any atom is 0.200 e. The van der Waals surface area contributed by atoms with Gasteiger partial charge in [-0.3, -0.25) is 0 Å². The van der Waals surface area contributed by atoms with Crippen molar-refractivity contribution in [3.8, 4) is 5.75 Å². The molecule has 0 radical (unpaired) electrons. The largest absolute Gasteiger partial charge is 0.494 e. The summed E-state index contributed by atoms with van der Waals surface area (Å²) in [6.45, 7) is 2.00. The highest BCUT2D eigenvalue weighted by molar-refractivity contribution is 5.31. The fourth-order valence-electron chi connectivity index (χ4n) is 2.32. The zero-order valence-electron chi connectivity index (χ0n) is 9.93. The van der Waals surface area contributed by atoms with Crippen molar-refractivity contribution in [1.82, 2.24) is 5.32 Å². The van der Waals surface area contributed by atoms with Gasteiger partial charge in [-0.2, -0.15) is 4.39 Å². The van der Waals surface area contributed by atoms with Crippen molar-refractivity contribution in [3.63, 3.8) is 0 Å². The molecule has 0 aromatic heterocycles. The first kappa shape index (κ1) is 12.3. The second-order valence-corrected chi connectivity index (χ2v) is 4.51. The Labute approximate surface area is 100.0 Å². The molecule has 1 N–H and O–H groups in total. The Kier molecular flexibility index (Phi) is 3.94. The molecule has 17 heavy (non-hydrogen) atoms. The molecule has 0 bridgehead atoms. The number of ether oxygens (including phenoxy) is 1. The highest BCUT2D eigenvalue weighted by atomic mass is 19.2. The van der Waals surface area contributed by atoms with Crippen LogP contribution in [-0.4, -0.2) is 20.2 Å². The van der Waals surface area contributed by atoms with Crippen molar-refractivity contribution in [3.05, 3.63) is 29.3 Å². The Morgan fingerprint density at radius 3 is 2.88 bits per heavy atom. The summed E-state index contributed by atoms with van der Waals surface area (Å²) in [6.07, 6.45) is 3.04. The summed E-state index contributed by atoms with van der Waals surface area (Å²) in [6, 6.07) is 2.86. The van der Waals surface area contributed by atoms with Crippen LogP contribution in [0.2, 0.25) is 0 Å². The molecular weight excluding hydrogens is 224 g/mol. The molecule has 94 valence electrons. The van der Waals surface area contributed by atoms with Gasteiger partial charge < -0.3 is 10.1 Å². The van der Waals surface area contributed by atoms with Crippen LogP contribution in [0.5, 0.6) is 5.75 Å². The first-order valence-corrected chi connectivity index (χ1v) is 5.93. The molecule has 1 heterocycles. The average molecular weight is 241 g/mol. The number of benzene rings is 1. The number of halogens is 2. The van der Waals surface area contributed by atoms with Gasteiger partial charge in [0.1, 0.15) is 0 Å². The van der Waals surface area contributed by atoms with Gasteiger partial charge in [-0.25, -0.2) is 4.39 Å². The molecule has 1 fully saturated rings. The van der Waals surface area contributed by atoms with Gasteiger partial charge in [-0.05, 0) is 56.0 Å². The number of rotatable bonds is 3. The van der Waals surface area contributed by atoms with E-state index >= 15 is 0 Å². The van der Waals surface area contributed by atoms with E-state index in [0.29, 0.717) is 5.92 Å². The summed E-state index contributed by atoms with van der Waals surface area (Å²) in [4.78, 5) is 0. The molecule has 1 aromatic rings. The smallest absolute Gasteiger partial charge is 0.200 e. The van der Waals surface area contributed by atoms with Crippen LogP contribution >= 0.6 is 0 Å². The Morgan fingerprint density at radius 1 is 1.41 bits per heavy atom. The SMILES string of the molecule is COc1cc(CC2CCCNC2)cc(F)c1F. The van der Waals surface area contributed by atoms with Gasteiger partial charge in [0.2, 0.25) is 5.82 Å². The number of hydrogen-bond acceptors (Lipinski definition) is 2. The molecule has 4 heteroatoms. The quantitative estimate of drug-likeness (QED) is 0.878. The maximum atomic E-state index is 13.3. The monoisotopic (exact) mass is 241 g/mol. The van der Waals surface area contributed by atoms with E-state index in [4.69, 9.17) is 4.74 Å². The lowest BCUT2D eigenvalue weighted by molar-refractivity contribution is 0.362. The standard InChI is InChI=1S/C13H17F2NO/c1-17-12-7-10(6-11(14)13(12)15)5-9-3-2-4-16-8-9/h6-7,9,16H,2-5,8H2,1H3. The predicted molar refractivity (Wildman–Crippen MR) is 62.2 cm³/mol. The molecule has 1 aliphatic heterocycles. The average Bonchev–Trinajstić information content (AvgIpc) is 2.35. The molecule has 1 unspecified atom stereocenters. The van der Waals surface area contributed by atoms with Crippen LogP contribution in [0.1, 0.15) is 18.4 Å².